The molecule has 0 unspecified atom stereocenters. The van der Waals surface area contributed by atoms with Crippen molar-refractivity contribution >= 4 is 18.5 Å². The maximum Gasteiger partial charge on any atom is 0.408 e. The second kappa shape index (κ2) is 12.9. The van der Waals surface area contributed by atoms with Crippen LogP contribution in [0.5, 0.6) is 0 Å². The molecular weight excluding hydrogens is 368 g/mol. The number of ether oxygens (including phenoxy) is 1. The summed E-state index contributed by atoms with van der Waals surface area (Å²) in [7, 11) is 0. The smallest absolute Gasteiger partial charge is 0.408 e. The molecule has 8 nitrogen and oxygen atoms in total. The number of halogens is 1. The molecule has 0 aliphatic carbocycles. The first-order valence-corrected chi connectivity index (χ1v) is 6.98. The fourth-order valence-electron chi connectivity index (χ4n) is 1.21. The van der Waals surface area contributed by atoms with Gasteiger partial charge in [-0.2, -0.15) is 0 Å². The molecule has 2 rings (SSSR count). The third-order valence-electron chi connectivity index (χ3n) is 2.11. The van der Waals surface area contributed by atoms with E-state index in [9.17, 15) is 4.79 Å². The van der Waals surface area contributed by atoms with Crippen LogP contribution in [0.2, 0.25) is 0 Å². The Kier molecular flexibility index (Phi) is 6.21. The molecule has 0 atom stereocenters. The highest BCUT2D eigenvalue weighted by atomic mass is 35.5. The van der Waals surface area contributed by atoms with Gasteiger partial charge in [0.25, 0.3) is 0 Å². The number of nitrogens with one attached hydrogen (secondary N) is 1. The molecule has 1 amide bonds. The average molecular weight is 409 g/mol. The minimum atomic E-state index is -2.38. The number of carbonyl (C=O) groups excluding carboxylic acids is 1. The Balaban J connectivity index is 0. The molecule has 27 heavy (non-hydrogen) atoms. The standard InChI is InChI=1S/C11H17N3O2.C6H9N3.CH4.ClH/c1-8-5-12-9(13-6-8)7-14-10(15)16-11(2,3)4;1-5-3-8-6(2-7)9-4-5;;/h5-6H,7H2,1-4H3,(H,14,15);3-4H,2,7H2,1H3;1H4;1H/i1D3,7D2;1D3,2D2;;. The predicted octanol–water partition coefficient (Wildman–Crippen LogP) is 3.11. The molecule has 2 heterocycles. The predicted molar refractivity (Wildman–Crippen MR) is 108 cm³/mol. The molecule has 0 aliphatic rings. The Hall–Kier alpha value is -2.32. The van der Waals surface area contributed by atoms with Crippen molar-refractivity contribution in [1.82, 2.24) is 25.3 Å². The number of aryl methyl sites for hydroxylation is 2. The summed E-state index contributed by atoms with van der Waals surface area (Å²) >= 11 is 0. The summed E-state index contributed by atoms with van der Waals surface area (Å²) in [5.74, 6) is -0.591. The third kappa shape index (κ3) is 12.6. The third-order valence-corrected chi connectivity index (χ3v) is 2.11. The van der Waals surface area contributed by atoms with E-state index in [0.717, 1.165) is 24.8 Å². The van der Waals surface area contributed by atoms with Gasteiger partial charge in [0.15, 0.2) is 0 Å². The van der Waals surface area contributed by atoms with Gasteiger partial charge in [0.1, 0.15) is 17.2 Å². The molecule has 0 radical (unpaired) electrons. The quantitative estimate of drug-likeness (QED) is 0.801. The monoisotopic (exact) mass is 408 g/mol. The number of carbonyl (C=O) groups is 1. The van der Waals surface area contributed by atoms with E-state index in [4.69, 9.17) is 24.2 Å². The van der Waals surface area contributed by atoms with Crippen molar-refractivity contribution in [3.05, 3.63) is 47.6 Å². The normalized spacial score (nSPS) is 17.2. The molecule has 0 bridgehead atoms. The first-order valence-electron chi connectivity index (χ1n) is 12.0. The van der Waals surface area contributed by atoms with E-state index >= 15 is 0 Å². The van der Waals surface area contributed by atoms with Gasteiger partial charge in [-0.25, -0.2) is 24.7 Å². The van der Waals surface area contributed by atoms with E-state index in [1.165, 1.54) is 0 Å². The van der Waals surface area contributed by atoms with Crippen LogP contribution in [0.15, 0.2) is 24.8 Å². The lowest BCUT2D eigenvalue weighted by Gasteiger charge is -2.19. The van der Waals surface area contributed by atoms with Crippen LogP contribution in [-0.4, -0.2) is 31.6 Å². The Morgan fingerprint density at radius 1 is 1.11 bits per heavy atom. The number of nitrogens with two attached hydrogens (primary N) is 1. The van der Waals surface area contributed by atoms with Gasteiger partial charge in [0, 0.05) is 33.0 Å². The van der Waals surface area contributed by atoms with Crippen LogP contribution in [0.3, 0.4) is 0 Å². The molecule has 0 aromatic carbocycles. The number of aromatic nitrogens is 4. The fourth-order valence-corrected chi connectivity index (χ4v) is 1.21. The second-order valence-corrected chi connectivity index (χ2v) is 5.49. The summed E-state index contributed by atoms with van der Waals surface area (Å²) in [5, 5.41) is 1.99. The molecule has 0 saturated carbocycles. The molecule has 152 valence electrons. The van der Waals surface area contributed by atoms with Crippen molar-refractivity contribution in [1.29, 1.82) is 0 Å². The average Bonchev–Trinajstić information content (AvgIpc) is 2.65. The summed E-state index contributed by atoms with van der Waals surface area (Å²) < 4.78 is 77.2. The van der Waals surface area contributed by atoms with Crippen LogP contribution in [0, 0.1) is 13.7 Å². The largest absolute Gasteiger partial charge is 0.444 e. The van der Waals surface area contributed by atoms with Gasteiger partial charge in [-0.15, -0.1) is 12.4 Å². The Morgan fingerprint density at radius 2 is 1.56 bits per heavy atom. The molecular formula is C18H31ClN6O2. The number of amides is 1. The van der Waals surface area contributed by atoms with Gasteiger partial charge in [-0.3, -0.25) is 0 Å². The maximum absolute atomic E-state index is 11.6. The molecule has 0 saturated heterocycles. The minimum absolute atomic E-state index is 0. The van der Waals surface area contributed by atoms with Crippen LogP contribution in [0.25, 0.3) is 0 Å². The van der Waals surface area contributed by atoms with E-state index in [1.807, 2.05) is 5.32 Å². The van der Waals surface area contributed by atoms with Crippen LogP contribution >= 0.6 is 12.4 Å². The lowest BCUT2D eigenvalue weighted by molar-refractivity contribution is 0.0522. The van der Waals surface area contributed by atoms with E-state index in [1.54, 1.807) is 20.8 Å². The van der Waals surface area contributed by atoms with Gasteiger partial charge in [-0.1, -0.05) is 7.43 Å². The minimum Gasteiger partial charge on any atom is -0.444 e. The topological polar surface area (TPSA) is 116 Å². The lowest BCUT2D eigenvalue weighted by Crippen LogP contribution is -2.32. The molecule has 9 heteroatoms. The zero-order valence-corrected chi connectivity index (χ0v) is 15.2. The van der Waals surface area contributed by atoms with Gasteiger partial charge < -0.3 is 15.8 Å². The van der Waals surface area contributed by atoms with Gasteiger partial charge >= 0.3 is 6.09 Å². The zero-order chi connectivity index (χ0) is 27.5. The number of rotatable bonds is 3. The highest BCUT2D eigenvalue weighted by molar-refractivity contribution is 5.85. The molecule has 0 aliphatic heterocycles. The second-order valence-electron chi connectivity index (χ2n) is 5.49. The number of hydrogen-bond acceptors (Lipinski definition) is 7. The maximum atomic E-state index is 11.6. The molecule has 0 fully saturated rings. The number of nitrogens with zero attached hydrogens (tertiary/aromatic N) is 4. The van der Waals surface area contributed by atoms with Crippen LogP contribution in [0.4, 0.5) is 4.79 Å². The van der Waals surface area contributed by atoms with E-state index in [0.29, 0.717) is 0 Å². The van der Waals surface area contributed by atoms with Crippen molar-refractivity contribution in [2.24, 2.45) is 5.73 Å². The van der Waals surface area contributed by atoms with Crippen molar-refractivity contribution in [3.63, 3.8) is 0 Å². The van der Waals surface area contributed by atoms with Crippen molar-refractivity contribution in [2.75, 3.05) is 0 Å². The summed E-state index contributed by atoms with van der Waals surface area (Å²) in [4.78, 5) is 25.9. The zero-order valence-electron chi connectivity index (χ0n) is 24.4. The van der Waals surface area contributed by atoms with Crippen molar-refractivity contribution < 1.29 is 23.2 Å². The van der Waals surface area contributed by atoms with E-state index < -0.39 is 38.4 Å². The Bertz CT molecular complexity index is 956. The van der Waals surface area contributed by atoms with Gasteiger partial charge in [0.05, 0.1) is 18.5 Å². The van der Waals surface area contributed by atoms with Gasteiger partial charge in [0.2, 0.25) is 0 Å². The highest BCUT2D eigenvalue weighted by Gasteiger charge is 2.15. The first-order chi connectivity index (χ1) is 15.5. The lowest BCUT2D eigenvalue weighted by atomic mass is 10.2. The number of hydrogen-bond donors (Lipinski definition) is 2. The number of alkyl carbamates (subject to hydrolysis) is 1. The Labute approximate surface area is 181 Å². The highest BCUT2D eigenvalue weighted by Crippen LogP contribution is 2.06. The summed E-state index contributed by atoms with van der Waals surface area (Å²) in [5.41, 5.74) is 4.16. The van der Waals surface area contributed by atoms with Crippen LogP contribution in [0.1, 0.15) is 64.7 Å². The summed E-state index contributed by atoms with van der Waals surface area (Å²) in [6.45, 7) is -4.25. The summed E-state index contributed by atoms with van der Waals surface area (Å²) in [6.07, 6.45) is 3.16. The van der Waals surface area contributed by atoms with Crippen LogP contribution in [-0.2, 0) is 17.7 Å². The van der Waals surface area contributed by atoms with E-state index in [2.05, 4.69) is 19.9 Å². The van der Waals surface area contributed by atoms with E-state index in [-0.39, 0.29) is 42.6 Å². The molecule has 3 N–H and O–H groups in total. The summed E-state index contributed by atoms with van der Waals surface area (Å²) in [6, 6.07) is 0. The van der Waals surface area contributed by atoms with Crippen molar-refractivity contribution in [3.8, 4) is 0 Å². The molecule has 2 aromatic rings. The SMILES string of the molecule is C.Cl.[2H]C([2H])([2H])c1cnc(C([2H])([2H])N)nc1.[2H]C([2H])([2H])c1cnc(C([2H])([2H])NC(=O)OC(C)(C)C)nc1. The van der Waals surface area contributed by atoms with Gasteiger partial charge in [-0.05, 0) is 45.6 Å². The first kappa shape index (κ1) is 13.0. The Morgan fingerprint density at radius 3 is 1.93 bits per heavy atom. The van der Waals surface area contributed by atoms with Crippen molar-refractivity contribution in [2.45, 2.75) is 60.5 Å². The fraction of sp³-hybridized carbons (Fsp3) is 0.500. The van der Waals surface area contributed by atoms with Crippen LogP contribution < -0.4 is 11.1 Å². The molecule has 2 aromatic heterocycles. The molecule has 0 spiro atoms.